The van der Waals surface area contributed by atoms with Gasteiger partial charge in [0.1, 0.15) is 11.9 Å². The van der Waals surface area contributed by atoms with Crippen LogP contribution in [0.1, 0.15) is 24.3 Å². The SMILES string of the molecule is CC(C)[C@H](Nc1cnc(C(=O)O)cn1)C(=O)O. The Kier molecular flexibility index (Phi) is 3.97. The highest BCUT2D eigenvalue weighted by molar-refractivity contribution is 5.85. The number of carboxylic acids is 2. The number of aromatic carboxylic acids is 1. The third kappa shape index (κ3) is 3.40. The lowest BCUT2D eigenvalue weighted by molar-refractivity contribution is -0.138. The Morgan fingerprint density at radius 1 is 1.24 bits per heavy atom. The molecule has 0 saturated heterocycles. The minimum absolute atomic E-state index is 0.131. The maximum atomic E-state index is 10.9. The number of rotatable bonds is 5. The summed E-state index contributed by atoms with van der Waals surface area (Å²) in [6.45, 7) is 3.51. The molecule has 7 nitrogen and oxygen atoms in total. The van der Waals surface area contributed by atoms with E-state index >= 15 is 0 Å². The van der Waals surface area contributed by atoms with E-state index in [2.05, 4.69) is 15.3 Å². The standard InChI is InChI=1S/C10H13N3O4/c1-5(2)8(10(16)17)13-7-4-11-6(3-12-7)9(14)15/h3-5,8H,1-2H3,(H,12,13)(H,14,15)(H,16,17)/t8-/m0/s1. The van der Waals surface area contributed by atoms with Crippen molar-refractivity contribution in [2.45, 2.75) is 19.9 Å². The van der Waals surface area contributed by atoms with E-state index in [-0.39, 0.29) is 17.4 Å². The summed E-state index contributed by atoms with van der Waals surface area (Å²) in [6, 6.07) is -0.792. The van der Waals surface area contributed by atoms with E-state index in [4.69, 9.17) is 10.2 Å². The van der Waals surface area contributed by atoms with E-state index in [1.165, 1.54) is 6.20 Å². The fourth-order valence-electron chi connectivity index (χ4n) is 1.19. The molecule has 0 amide bonds. The van der Waals surface area contributed by atoms with Crippen molar-refractivity contribution in [2.24, 2.45) is 5.92 Å². The molecule has 92 valence electrons. The van der Waals surface area contributed by atoms with Crippen LogP contribution in [0.2, 0.25) is 0 Å². The van der Waals surface area contributed by atoms with E-state index < -0.39 is 18.0 Å². The molecular formula is C10H13N3O4. The van der Waals surface area contributed by atoms with Crippen LogP contribution in [0.5, 0.6) is 0 Å². The van der Waals surface area contributed by atoms with E-state index in [0.717, 1.165) is 6.20 Å². The molecule has 0 radical (unpaired) electrons. The highest BCUT2D eigenvalue weighted by atomic mass is 16.4. The molecule has 3 N–H and O–H groups in total. The van der Waals surface area contributed by atoms with Gasteiger partial charge in [-0.25, -0.2) is 19.6 Å². The molecule has 0 spiro atoms. The quantitative estimate of drug-likeness (QED) is 0.693. The smallest absolute Gasteiger partial charge is 0.356 e. The van der Waals surface area contributed by atoms with Crippen LogP contribution in [0.15, 0.2) is 12.4 Å². The molecule has 0 fully saturated rings. The first kappa shape index (κ1) is 12.9. The summed E-state index contributed by atoms with van der Waals surface area (Å²) in [6.07, 6.45) is 2.27. The van der Waals surface area contributed by atoms with E-state index in [1.807, 2.05) is 0 Å². The van der Waals surface area contributed by atoms with Gasteiger partial charge in [0.15, 0.2) is 5.69 Å². The van der Waals surface area contributed by atoms with Crippen molar-refractivity contribution in [3.8, 4) is 0 Å². The van der Waals surface area contributed by atoms with Crippen LogP contribution in [0, 0.1) is 5.92 Å². The predicted octanol–water partition coefficient (Wildman–Crippen LogP) is 0.696. The van der Waals surface area contributed by atoms with Crippen LogP contribution in [-0.2, 0) is 4.79 Å². The lowest BCUT2D eigenvalue weighted by Gasteiger charge is -2.17. The summed E-state index contributed by atoms with van der Waals surface area (Å²) in [5, 5.41) is 20.2. The van der Waals surface area contributed by atoms with Crippen LogP contribution < -0.4 is 5.32 Å². The first-order valence-electron chi connectivity index (χ1n) is 4.96. The largest absolute Gasteiger partial charge is 0.480 e. The molecule has 0 unspecified atom stereocenters. The zero-order valence-electron chi connectivity index (χ0n) is 9.41. The van der Waals surface area contributed by atoms with Gasteiger partial charge in [-0.3, -0.25) is 0 Å². The van der Waals surface area contributed by atoms with Gasteiger partial charge >= 0.3 is 11.9 Å². The molecule has 1 aromatic rings. The van der Waals surface area contributed by atoms with Crippen molar-refractivity contribution in [2.75, 3.05) is 5.32 Å². The van der Waals surface area contributed by atoms with Gasteiger partial charge in [0, 0.05) is 0 Å². The molecule has 0 bridgehead atoms. The molecule has 0 aliphatic heterocycles. The first-order chi connectivity index (χ1) is 7.91. The van der Waals surface area contributed by atoms with Crippen molar-refractivity contribution in [1.29, 1.82) is 0 Å². The van der Waals surface area contributed by atoms with E-state index in [0.29, 0.717) is 0 Å². The van der Waals surface area contributed by atoms with Crippen molar-refractivity contribution < 1.29 is 19.8 Å². The number of aromatic nitrogens is 2. The highest BCUT2D eigenvalue weighted by Gasteiger charge is 2.21. The molecule has 1 atom stereocenters. The van der Waals surface area contributed by atoms with Gasteiger partial charge < -0.3 is 15.5 Å². The molecule has 0 aliphatic rings. The molecule has 0 aromatic carbocycles. The van der Waals surface area contributed by atoms with E-state index in [9.17, 15) is 9.59 Å². The summed E-state index contributed by atoms with van der Waals surface area (Å²) < 4.78 is 0. The minimum Gasteiger partial charge on any atom is -0.480 e. The molecule has 7 heteroatoms. The Labute approximate surface area is 97.5 Å². The molecule has 0 saturated carbocycles. The Morgan fingerprint density at radius 2 is 1.88 bits per heavy atom. The number of carboxylic acid groups (broad SMARTS) is 2. The molecule has 1 aromatic heterocycles. The summed E-state index contributed by atoms with van der Waals surface area (Å²) in [5.74, 6) is -2.07. The first-order valence-corrected chi connectivity index (χ1v) is 4.96. The third-order valence-electron chi connectivity index (χ3n) is 2.11. The second-order valence-electron chi connectivity index (χ2n) is 3.80. The normalized spacial score (nSPS) is 12.2. The van der Waals surface area contributed by atoms with E-state index in [1.54, 1.807) is 13.8 Å². The Bertz CT molecular complexity index is 416. The molecule has 17 heavy (non-hydrogen) atoms. The zero-order valence-corrected chi connectivity index (χ0v) is 9.41. The van der Waals surface area contributed by atoms with Gasteiger partial charge in [0.05, 0.1) is 12.4 Å². The maximum absolute atomic E-state index is 10.9. The van der Waals surface area contributed by atoms with Gasteiger partial charge in [-0.1, -0.05) is 13.8 Å². The molecule has 1 rings (SSSR count). The fourth-order valence-corrected chi connectivity index (χ4v) is 1.19. The predicted molar refractivity (Wildman–Crippen MR) is 58.9 cm³/mol. The Hall–Kier alpha value is -2.18. The number of anilines is 1. The van der Waals surface area contributed by atoms with Crippen LogP contribution in [0.3, 0.4) is 0 Å². The van der Waals surface area contributed by atoms with Crippen LogP contribution in [-0.4, -0.2) is 38.2 Å². The fraction of sp³-hybridized carbons (Fsp3) is 0.400. The minimum atomic E-state index is -1.18. The summed E-state index contributed by atoms with van der Waals surface area (Å²) in [5.41, 5.74) is -0.188. The third-order valence-corrected chi connectivity index (χ3v) is 2.11. The number of aliphatic carboxylic acids is 1. The summed E-state index contributed by atoms with van der Waals surface area (Å²) in [7, 11) is 0. The van der Waals surface area contributed by atoms with Gasteiger partial charge in [0.25, 0.3) is 0 Å². The Balaban J connectivity index is 2.80. The van der Waals surface area contributed by atoms with Gasteiger partial charge in [0.2, 0.25) is 0 Å². The van der Waals surface area contributed by atoms with Crippen molar-refractivity contribution in [3.05, 3.63) is 18.1 Å². The zero-order chi connectivity index (χ0) is 13.0. The monoisotopic (exact) mass is 239 g/mol. The average Bonchev–Trinajstić information content (AvgIpc) is 2.25. The lowest BCUT2D eigenvalue weighted by Crippen LogP contribution is -2.34. The van der Waals surface area contributed by atoms with Gasteiger partial charge in [-0.2, -0.15) is 0 Å². The topological polar surface area (TPSA) is 112 Å². The maximum Gasteiger partial charge on any atom is 0.356 e. The Morgan fingerprint density at radius 3 is 2.24 bits per heavy atom. The number of hydrogen-bond acceptors (Lipinski definition) is 5. The van der Waals surface area contributed by atoms with Crippen molar-refractivity contribution in [1.82, 2.24) is 9.97 Å². The molecule has 0 aliphatic carbocycles. The highest BCUT2D eigenvalue weighted by Crippen LogP contribution is 2.09. The van der Waals surface area contributed by atoms with Crippen LogP contribution in [0.25, 0.3) is 0 Å². The molecule has 1 heterocycles. The van der Waals surface area contributed by atoms with Gasteiger partial charge in [-0.05, 0) is 5.92 Å². The molecular weight excluding hydrogens is 226 g/mol. The number of nitrogens with zero attached hydrogens (tertiary/aromatic N) is 2. The summed E-state index contributed by atoms with van der Waals surface area (Å²) >= 11 is 0. The summed E-state index contributed by atoms with van der Waals surface area (Å²) in [4.78, 5) is 28.9. The number of hydrogen-bond donors (Lipinski definition) is 3. The lowest BCUT2D eigenvalue weighted by atomic mass is 10.1. The second kappa shape index (κ2) is 5.24. The average molecular weight is 239 g/mol. The van der Waals surface area contributed by atoms with Crippen LogP contribution >= 0.6 is 0 Å². The van der Waals surface area contributed by atoms with Crippen molar-refractivity contribution >= 4 is 17.8 Å². The van der Waals surface area contributed by atoms with Crippen LogP contribution in [0.4, 0.5) is 5.82 Å². The number of nitrogens with one attached hydrogen (secondary N) is 1. The second-order valence-corrected chi connectivity index (χ2v) is 3.80. The number of carbonyl (C=O) groups is 2. The van der Waals surface area contributed by atoms with Gasteiger partial charge in [-0.15, -0.1) is 0 Å². The van der Waals surface area contributed by atoms with Crippen molar-refractivity contribution in [3.63, 3.8) is 0 Å².